The van der Waals surface area contributed by atoms with Crippen LogP contribution in [0.15, 0.2) is 16.7 Å². The molecule has 0 bridgehead atoms. The Balaban J connectivity index is 1.73. The van der Waals surface area contributed by atoms with E-state index in [1.54, 1.807) is 0 Å². The first-order valence-corrected chi connectivity index (χ1v) is 9.21. The number of carbonyl (C=O) groups excluding carboxylic acids is 1. The lowest BCUT2D eigenvalue weighted by atomic mass is 10.00. The molecule has 2 aliphatic rings. The predicted molar refractivity (Wildman–Crippen MR) is 92.5 cm³/mol. The normalized spacial score (nSPS) is 27.3. The van der Waals surface area contributed by atoms with E-state index in [4.69, 9.17) is 4.74 Å². The van der Waals surface area contributed by atoms with Gasteiger partial charge in [0.1, 0.15) is 6.29 Å². The third-order valence-electron chi connectivity index (χ3n) is 5.21. The average molecular weight is 377 g/mol. The van der Waals surface area contributed by atoms with Gasteiger partial charge in [0.25, 0.3) is 0 Å². The first-order valence-electron chi connectivity index (χ1n) is 8.42. The van der Waals surface area contributed by atoms with Crippen molar-refractivity contribution in [3.8, 4) is 0 Å². The van der Waals surface area contributed by atoms with E-state index < -0.39 is 0 Å². The number of hydrogen-bond donors (Lipinski definition) is 0. The Morgan fingerprint density at radius 2 is 2.35 bits per heavy atom. The Labute approximate surface area is 144 Å². The zero-order valence-corrected chi connectivity index (χ0v) is 14.9. The summed E-state index contributed by atoms with van der Waals surface area (Å²) < 4.78 is 9.08. The maximum atomic E-state index is 10.8. The summed E-state index contributed by atoms with van der Waals surface area (Å²) in [6.07, 6.45) is 8.19. The first-order chi connectivity index (χ1) is 11.2. The number of aryl methyl sites for hydroxylation is 1. The van der Waals surface area contributed by atoms with E-state index in [0.717, 1.165) is 47.5 Å². The van der Waals surface area contributed by atoms with Crippen molar-refractivity contribution in [1.82, 2.24) is 9.78 Å². The standard InChI is InChI=1S/C18H21BrN2O2/c1-11-8-15-14(10-20-21(15)16-4-2-3-7-23-16)18(19)17(11)13-9-12(13)5-6-22/h6,8,10,12-13,16H,2-5,7,9H2,1H3/t12-,13+,16+/m0/s1. The summed E-state index contributed by atoms with van der Waals surface area (Å²) >= 11 is 3.81. The molecular weight excluding hydrogens is 356 g/mol. The molecule has 1 saturated heterocycles. The highest BCUT2D eigenvalue weighted by Gasteiger charge is 2.40. The summed E-state index contributed by atoms with van der Waals surface area (Å²) in [7, 11) is 0. The van der Waals surface area contributed by atoms with Gasteiger partial charge in [0.15, 0.2) is 6.23 Å². The lowest BCUT2D eigenvalue weighted by Crippen LogP contribution is -2.19. The maximum absolute atomic E-state index is 10.8. The second-order valence-electron chi connectivity index (χ2n) is 6.77. The number of aromatic nitrogens is 2. The van der Waals surface area contributed by atoms with Gasteiger partial charge in [-0.1, -0.05) is 0 Å². The van der Waals surface area contributed by atoms with Gasteiger partial charge in [-0.05, 0) is 77.6 Å². The van der Waals surface area contributed by atoms with Crippen molar-refractivity contribution in [2.75, 3.05) is 6.61 Å². The van der Waals surface area contributed by atoms with Gasteiger partial charge in [0, 0.05) is 22.9 Å². The number of halogens is 1. The molecule has 2 heterocycles. The summed E-state index contributed by atoms with van der Waals surface area (Å²) in [5.74, 6) is 1.02. The number of aldehydes is 1. The Morgan fingerprint density at radius 3 is 3.09 bits per heavy atom. The molecule has 4 rings (SSSR count). The molecule has 5 heteroatoms. The monoisotopic (exact) mass is 376 g/mol. The molecule has 1 aromatic carbocycles. The topological polar surface area (TPSA) is 44.1 Å². The van der Waals surface area contributed by atoms with Crippen molar-refractivity contribution in [2.24, 2.45) is 5.92 Å². The van der Waals surface area contributed by atoms with Crippen LogP contribution >= 0.6 is 15.9 Å². The molecule has 23 heavy (non-hydrogen) atoms. The Morgan fingerprint density at radius 1 is 1.48 bits per heavy atom. The lowest BCUT2D eigenvalue weighted by molar-refractivity contribution is -0.108. The van der Waals surface area contributed by atoms with Gasteiger partial charge in [-0.15, -0.1) is 0 Å². The minimum absolute atomic E-state index is 0.0575. The smallest absolute Gasteiger partial charge is 0.150 e. The van der Waals surface area contributed by atoms with E-state index in [2.05, 4.69) is 34.0 Å². The molecule has 3 atom stereocenters. The van der Waals surface area contributed by atoms with Crippen LogP contribution in [0.3, 0.4) is 0 Å². The van der Waals surface area contributed by atoms with E-state index in [-0.39, 0.29) is 6.23 Å². The summed E-state index contributed by atoms with van der Waals surface area (Å²) in [5.41, 5.74) is 3.77. The molecule has 0 amide bonds. The van der Waals surface area contributed by atoms with Crippen molar-refractivity contribution in [1.29, 1.82) is 0 Å². The van der Waals surface area contributed by atoms with E-state index in [1.165, 1.54) is 17.5 Å². The molecular formula is C18H21BrN2O2. The summed E-state index contributed by atoms with van der Waals surface area (Å²) in [6.45, 7) is 2.98. The number of fused-ring (bicyclic) bond motifs is 1. The van der Waals surface area contributed by atoms with Crippen LogP contribution in [0.1, 0.15) is 55.4 Å². The van der Waals surface area contributed by atoms with Gasteiger partial charge in [0.2, 0.25) is 0 Å². The van der Waals surface area contributed by atoms with E-state index >= 15 is 0 Å². The number of benzene rings is 1. The lowest BCUT2D eigenvalue weighted by Gasteiger charge is -2.23. The number of nitrogens with zero attached hydrogens (tertiary/aromatic N) is 2. The molecule has 1 aliphatic heterocycles. The van der Waals surface area contributed by atoms with Crippen molar-refractivity contribution in [3.63, 3.8) is 0 Å². The molecule has 1 aliphatic carbocycles. The predicted octanol–water partition coefficient (Wildman–Crippen LogP) is 4.50. The van der Waals surface area contributed by atoms with Gasteiger partial charge in [0.05, 0.1) is 11.7 Å². The van der Waals surface area contributed by atoms with Gasteiger partial charge in [-0.25, -0.2) is 4.68 Å². The fourth-order valence-electron chi connectivity index (χ4n) is 3.87. The molecule has 0 unspecified atom stereocenters. The Bertz CT molecular complexity index is 749. The SMILES string of the molecule is Cc1cc2c(cnn2[C@H]2CCCCO2)c(Br)c1[C@@H]1C[C@@H]1CC=O. The van der Waals surface area contributed by atoms with E-state index in [9.17, 15) is 4.79 Å². The van der Waals surface area contributed by atoms with Gasteiger partial charge < -0.3 is 9.53 Å². The van der Waals surface area contributed by atoms with Crippen LogP contribution in [-0.2, 0) is 9.53 Å². The van der Waals surface area contributed by atoms with Crippen LogP contribution in [0, 0.1) is 12.8 Å². The van der Waals surface area contributed by atoms with Crippen LogP contribution in [0.5, 0.6) is 0 Å². The number of hydrogen-bond acceptors (Lipinski definition) is 3. The minimum Gasteiger partial charge on any atom is -0.356 e. The molecule has 1 aromatic heterocycles. The number of carbonyl (C=O) groups is 1. The molecule has 1 saturated carbocycles. The molecule has 0 N–H and O–H groups in total. The minimum atomic E-state index is 0.0575. The number of ether oxygens (including phenoxy) is 1. The zero-order chi connectivity index (χ0) is 16.0. The zero-order valence-electron chi connectivity index (χ0n) is 13.3. The second-order valence-corrected chi connectivity index (χ2v) is 7.56. The summed E-state index contributed by atoms with van der Waals surface area (Å²) in [6, 6.07) is 2.23. The summed E-state index contributed by atoms with van der Waals surface area (Å²) in [4.78, 5) is 10.8. The quantitative estimate of drug-likeness (QED) is 0.737. The van der Waals surface area contributed by atoms with Gasteiger partial charge in [-0.3, -0.25) is 0 Å². The Hall–Kier alpha value is -1.20. The van der Waals surface area contributed by atoms with Crippen molar-refractivity contribution < 1.29 is 9.53 Å². The highest BCUT2D eigenvalue weighted by molar-refractivity contribution is 9.10. The van der Waals surface area contributed by atoms with Crippen LogP contribution in [0.4, 0.5) is 0 Å². The first kappa shape index (κ1) is 15.3. The van der Waals surface area contributed by atoms with Crippen LogP contribution in [0.25, 0.3) is 10.9 Å². The molecule has 0 spiro atoms. The third-order valence-corrected chi connectivity index (χ3v) is 6.06. The van der Waals surface area contributed by atoms with Crippen molar-refractivity contribution >= 4 is 33.1 Å². The fraction of sp³-hybridized carbons (Fsp3) is 0.556. The average Bonchev–Trinajstić information content (AvgIpc) is 3.16. The van der Waals surface area contributed by atoms with Crippen LogP contribution < -0.4 is 0 Å². The molecule has 4 nitrogen and oxygen atoms in total. The third kappa shape index (κ3) is 2.64. The largest absolute Gasteiger partial charge is 0.356 e. The maximum Gasteiger partial charge on any atom is 0.150 e. The summed E-state index contributed by atoms with van der Waals surface area (Å²) in [5, 5.41) is 5.75. The van der Waals surface area contributed by atoms with Gasteiger partial charge in [-0.2, -0.15) is 5.10 Å². The number of rotatable bonds is 4. The van der Waals surface area contributed by atoms with E-state index in [0.29, 0.717) is 18.3 Å². The van der Waals surface area contributed by atoms with Crippen LogP contribution in [-0.4, -0.2) is 22.7 Å². The molecule has 122 valence electrons. The molecule has 2 aromatic rings. The van der Waals surface area contributed by atoms with E-state index in [1.807, 2.05) is 10.9 Å². The van der Waals surface area contributed by atoms with Crippen molar-refractivity contribution in [3.05, 3.63) is 27.9 Å². The highest BCUT2D eigenvalue weighted by Crippen LogP contribution is 2.53. The van der Waals surface area contributed by atoms with Gasteiger partial charge >= 0.3 is 0 Å². The molecule has 0 radical (unpaired) electrons. The Kier molecular flexibility index (Phi) is 4.01. The fourth-order valence-corrected chi connectivity index (χ4v) is 4.78. The van der Waals surface area contributed by atoms with Crippen molar-refractivity contribution in [2.45, 2.75) is 51.2 Å². The second kappa shape index (κ2) is 6.02. The molecule has 2 fully saturated rings. The highest BCUT2D eigenvalue weighted by atomic mass is 79.9. The van der Waals surface area contributed by atoms with Crippen LogP contribution in [0.2, 0.25) is 0 Å².